The fourth-order valence-corrected chi connectivity index (χ4v) is 12.3. The molecule has 2 heterocycles. The average Bonchev–Trinajstić information content (AvgIpc) is 3.61. The Kier molecular flexibility index (Phi) is 13.8. The molecule has 0 aromatic heterocycles. The zero-order chi connectivity index (χ0) is 40.9. The fraction of sp³-hybridized carbons (Fsp3) is 0.524. The summed E-state index contributed by atoms with van der Waals surface area (Å²) in [5.41, 5.74) is 3.84. The van der Waals surface area contributed by atoms with Gasteiger partial charge in [0.2, 0.25) is 5.91 Å². The highest BCUT2D eigenvalue weighted by Crippen LogP contribution is 2.70. The van der Waals surface area contributed by atoms with E-state index in [0.717, 1.165) is 65.3 Å². The van der Waals surface area contributed by atoms with E-state index < -0.39 is 28.7 Å². The van der Waals surface area contributed by atoms with Crippen LogP contribution in [0, 0.1) is 40.0 Å². The number of rotatable bonds is 18. The summed E-state index contributed by atoms with van der Waals surface area (Å²) in [5, 5.41) is 9.32. The molecule has 3 aromatic rings. The molecule has 2 aliphatic heterocycles. The van der Waals surface area contributed by atoms with Crippen LogP contribution in [0.15, 0.2) is 54.6 Å². The Morgan fingerprint density at radius 3 is 2.46 bits per heavy atom. The van der Waals surface area contributed by atoms with Crippen LogP contribution in [0.2, 0.25) is 5.02 Å². The SMILES string of the molecule is CCCN(Cc1ccc(OC)c(C)c1)C(=O)C1C(c2ccc(CCCOc3c(F)ccc(F)c3Cl)cc2)CC23CP(C)CC2N(C(=O)OCCCCO[N+](=O)[O-])C13. The Morgan fingerprint density at radius 1 is 1.04 bits per heavy atom. The van der Waals surface area contributed by atoms with Crippen molar-refractivity contribution in [3.8, 4) is 11.5 Å². The van der Waals surface area contributed by atoms with Crippen LogP contribution in [-0.4, -0.2) is 91.4 Å². The molecule has 2 saturated heterocycles. The smallest absolute Gasteiger partial charge is 0.410 e. The second-order valence-electron chi connectivity index (χ2n) is 15.4. The molecule has 15 heteroatoms. The Hall–Kier alpha value is -4.22. The van der Waals surface area contributed by atoms with E-state index >= 15 is 4.79 Å². The van der Waals surface area contributed by atoms with Crippen molar-refractivity contribution in [3.63, 3.8) is 0 Å². The van der Waals surface area contributed by atoms with Gasteiger partial charge in [-0.15, -0.1) is 18.0 Å². The number of likely N-dealkylation sites (tertiary alicyclic amines) is 1. The molecule has 57 heavy (non-hydrogen) atoms. The first-order chi connectivity index (χ1) is 27.4. The number of benzene rings is 3. The van der Waals surface area contributed by atoms with Gasteiger partial charge in [-0.05, 0) is 111 Å². The van der Waals surface area contributed by atoms with Gasteiger partial charge < -0.3 is 23.9 Å². The van der Waals surface area contributed by atoms with Gasteiger partial charge in [0.15, 0.2) is 11.6 Å². The Morgan fingerprint density at radius 2 is 1.75 bits per heavy atom. The molecule has 0 N–H and O–H groups in total. The van der Waals surface area contributed by atoms with Gasteiger partial charge in [0.05, 0.1) is 38.9 Å². The van der Waals surface area contributed by atoms with Crippen LogP contribution >= 0.6 is 19.5 Å². The predicted octanol–water partition coefficient (Wildman–Crippen LogP) is 8.78. The predicted molar refractivity (Wildman–Crippen MR) is 214 cm³/mol. The monoisotopic (exact) mass is 829 g/mol. The summed E-state index contributed by atoms with van der Waals surface area (Å²) in [7, 11) is 1.27. The van der Waals surface area contributed by atoms with E-state index in [2.05, 4.69) is 36.6 Å². The molecule has 11 nitrogen and oxygen atoms in total. The number of unbranched alkanes of at least 4 members (excludes halogenated alkanes) is 1. The van der Waals surface area contributed by atoms with Crippen LogP contribution in [-0.2, 0) is 27.3 Å². The minimum absolute atomic E-state index is 0.0159. The van der Waals surface area contributed by atoms with Crippen LogP contribution in [0.25, 0.3) is 0 Å². The lowest BCUT2D eigenvalue weighted by Gasteiger charge is -2.58. The van der Waals surface area contributed by atoms with E-state index in [1.165, 1.54) is 0 Å². The number of hydrogen-bond acceptors (Lipinski definition) is 8. The number of ether oxygens (including phenoxy) is 3. The topological polar surface area (TPSA) is 121 Å². The average molecular weight is 830 g/mol. The maximum absolute atomic E-state index is 15.2. The molecule has 3 fully saturated rings. The number of aryl methyl sites for hydroxylation is 2. The summed E-state index contributed by atoms with van der Waals surface area (Å²) in [4.78, 5) is 47.8. The number of amides is 2. The highest BCUT2D eigenvalue weighted by atomic mass is 35.5. The van der Waals surface area contributed by atoms with Gasteiger partial charge in [0.1, 0.15) is 16.6 Å². The van der Waals surface area contributed by atoms with E-state index in [-0.39, 0.29) is 67.8 Å². The Bertz CT molecular complexity index is 1920. The maximum atomic E-state index is 15.2. The van der Waals surface area contributed by atoms with Gasteiger partial charge in [-0.1, -0.05) is 54.9 Å². The first-order valence-electron chi connectivity index (χ1n) is 19.6. The number of methoxy groups -OCH3 is 1. The number of hydrogen-bond donors (Lipinski definition) is 0. The minimum Gasteiger partial charge on any atom is -0.496 e. The van der Waals surface area contributed by atoms with E-state index in [0.29, 0.717) is 38.8 Å². The van der Waals surface area contributed by atoms with Crippen LogP contribution in [0.5, 0.6) is 11.5 Å². The highest BCUT2D eigenvalue weighted by Gasteiger charge is 2.74. The highest BCUT2D eigenvalue weighted by molar-refractivity contribution is 7.57. The summed E-state index contributed by atoms with van der Waals surface area (Å²) in [5.74, 6) is -1.60. The minimum atomic E-state index is -0.834. The first-order valence-corrected chi connectivity index (χ1v) is 22.1. The third-order valence-corrected chi connectivity index (χ3v) is 14.1. The van der Waals surface area contributed by atoms with E-state index in [1.54, 1.807) is 7.11 Å². The van der Waals surface area contributed by atoms with Crippen LogP contribution < -0.4 is 9.47 Å². The summed E-state index contributed by atoms with van der Waals surface area (Å²) >= 11 is 5.92. The molecule has 0 bridgehead atoms. The normalized spacial score (nSPS) is 23.3. The third kappa shape index (κ3) is 9.09. The molecular weight excluding hydrogens is 779 g/mol. The molecule has 6 unspecified atom stereocenters. The second-order valence-corrected chi connectivity index (χ2v) is 18.2. The fourth-order valence-electron chi connectivity index (χ4n) is 9.28. The van der Waals surface area contributed by atoms with Crippen molar-refractivity contribution in [2.75, 3.05) is 52.5 Å². The van der Waals surface area contributed by atoms with Crippen molar-refractivity contribution in [3.05, 3.63) is 104 Å². The quantitative estimate of drug-likeness (QED) is 0.0411. The van der Waals surface area contributed by atoms with Crippen LogP contribution in [0.3, 0.4) is 0 Å². The second kappa shape index (κ2) is 18.6. The van der Waals surface area contributed by atoms with E-state index in [4.69, 9.17) is 25.8 Å². The van der Waals surface area contributed by atoms with Gasteiger partial charge >= 0.3 is 6.09 Å². The largest absolute Gasteiger partial charge is 0.496 e. The molecule has 1 aliphatic carbocycles. The van der Waals surface area contributed by atoms with Crippen molar-refractivity contribution in [2.45, 2.75) is 76.9 Å². The Balaban J connectivity index is 1.24. The van der Waals surface area contributed by atoms with Gasteiger partial charge in [-0.2, -0.15) is 0 Å². The lowest BCUT2D eigenvalue weighted by Crippen LogP contribution is -2.73. The molecular formula is C42H51ClF2N3O8P. The van der Waals surface area contributed by atoms with Crippen molar-refractivity contribution in [1.82, 2.24) is 9.80 Å². The molecule has 6 rings (SSSR count). The number of carbonyl (C=O) groups is 2. The maximum Gasteiger partial charge on any atom is 0.410 e. The van der Waals surface area contributed by atoms with Crippen molar-refractivity contribution in [1.29, 1.82) is 0 Å². The Labute approximate surface area is 338 Å². The van der Waals surface area contributed by atoms with Crippen molar-refractivity contribution >= 4 is 31.5 Å². The van der Waals surface area contributed by atoms with Gasteiger partial charge in [0, 0.05) is 24.5 Å². The molecule has 308 valence electrons. The van der Waals surface area contributed by atoms with Crippen LogP contribution in [0.4, 0.5) is 13.6 Å². The number of halogens is 3. The molecule has 0 radical (unpaired) electrons. The lowest BCUT2D eigenvalue weighted by atomic mass is 9.67. The first kappa shape index (κ1) is 42.4. The molecule has 6 atom stereocenters. The zero-order valence-electron chi connectivity index (χ0n) is 32.9. The number of carbonyl (C=O) groups excluding carboxylic acids is 2. The lowest BCUT2D eigenvalue weighted by molar-refractivity contribution is -0.757. The third-order valence-electron chi connectivity index (χ3n) is 11.7. The molecule has 3 aromatic carbocycles. The van der Waals surface area contributed by atoms with Crippen molar-refractivity contribution < 1.29 is 42.5 Å². The van der Waals surface area contributed by atoms with Crippen LogP contribution in [0.1, 0.15) is 67.2 Å². The van der Waals surface area contributed by atoms with Gasteiger partial charge in [-0.25, -0.2) is 13.6 Å². The van der Waals surface area contributed by atoms with Crippen molar-refractivity contribution in [2.24, 2.45) is 11.3 Å². The molecule has 1 spiro atoms. The van der Waals surface area contributed by atoms with Gasteiger partial charge in [-0.3, -0.25) is 9.69 Å². The summed E-state index contributed by atoms with van der Waals surface area (Å²) in [6.45, 7) is 7.46. The van der Waals surface area contributed by atoms with E-state index in [1.807, 2.05) is 41.0 Å². The summed E-state index contributed by atoms with van der Waals surface area (Å²) in [6.07, 6.45) is 4.92. The van der Waals surface area contributed by atoms with Gasteiger partial charge in [0.25, 0.3) is 5.09 Å². The molecule has 3 aliphatic rings. The van der Waals surface area contributed by atoms with E-state index in [9.17, 15) is 23.7 Å². The standard InChI is InChI=1S/C42H51ClF2N3O8P/c1-5-18-46(24-29-12-17-34(53-3)27(2)22-29)40(49)36-31(30-13-10-28(11-14-30)9-8-20-54-38-33(45)16-15-32(44)37(38)43)23-42-26-57(4)25-35(42)47(39(36)42)41(50)55-19-6-7-21-56-48(51)52/h10-17,22,31,35-36,39H,5-9,18-21,23-26H2,1-4H3. The molecule has 2 amide bonds. The molecule has 1 saturated carbocycles. The summed E-state index contributed by atoms with van der Waals surface area (Å²) in [6, 6.07) is 15.8. The summed E-state index contributed by atoms with van der Waals surface area (Å²) < 4.78 is 44.8. The number of nitrogens with zero attached hydrogens (tertiary/aromatic N) is 3. The zero-order valence-corrected chi connectivity index (χ0v) is 34.5.